The van der Waals surface area contributed by atoms with Gasteiger partial charge in [-0.05, 0) is 30.0 Å². The highest BCUT2D eigenvalue weighted by Gasteiger charge is 2.37. The van der Waals surface area contributed by atoms with Crippen molar-refractivity contribution in [3.63, 3.8) is 0 Å². The molecule has 3 aromatic rings. The van der Waals surface area contributed by atoms with Crippen LogP contribution in [0.3, 0.4) is 0 Å². The quantitative estimate of drug-likeness (QED) is 0.253. The van der Waals surface area contributed by atoms with Crippen LogP contribution in [0.2, 0.25) is 0 Å². The third kappa shape index (κ3) is 4.05. The predicted octanol–water partition coefficient (Wildman–Crippen LogP) is 3.93. The second-order valence-electron chi connectivity index (χ2n) is 7.86. The lowest BCUT2D eigenvalue weighted by Gasteiger charge is -2.32. The van der Waals surface area contributed by atoms with E-state index in [1.54, 1.807) is 30.6 Å². The number of rotatable bonds is 5. The van der Waals surface area contributed by atoms with Crippen LogP contribution < -0.4 is 10.9 Å². The Bertz CT molecular complexity index is 1340. The molecule has 0 radical (unpaired) electrons. The van der Waals surface area contributed by atoms with Crippen molar-refractivity contribution in [1.29, 1.82) is 0 Å². The molecule has 33 heavy (non-hydrogen) atoms. The Morgan fingerprint density at radius 1 is 1.15 bits per heavy atom. The van der Waals surface area contributed by atoms with E-state index in [0.29, 0.717) is 34.3 Å². The van der Waals surface area contributed by atoms with Crippen LogP contribution in [0.1, 0.15) is 41.9 Å². The molecule has 1 aliphatic heterocycles. The number of nitrogens with zero attached hydrogens (tertiary/aromatic N) is 3. The fourth-order valence-corrected chi connectivity index (χ4v) is 5.07. The fourth-order valence-electron chi connectivity index (χ4n) is 4.25. The van der Waals surface area contributed by atoms with Gasteiger partial charge in [0.15, 0.2) is 10.9 Å². The van der Waals surface area contributed by atoms with Crippen LogP contribution in [0, 0.1) is 10.1 Å². The number of aromatic amines is 1. The first-order valence-electron chi connectivity index (χ1n) is 10.4. The Kier molecular flexibility index (Phi) is 5.51. The van der Waals surface area contributed by atoms with Gasteiger partial charge >= 0.3 is 0 Å². The van der Waals surface area contributed by atoms with E-state index in [1.807, 2.05) is 6.07 Å². The molecular formula is C23H19N5O4S. The Morgan fingerprint density at radius 3 is 2.70 bits per heavy atom. The first-order chi connectivity index (χ1) is 16.0. The van der Waals surface area contributed by atoms with E-state index in [-0.39, 0.29) is 17.0 Å². The van der Waals surface area contributed by atoms with E-state index < -0.39 is 10.8 Å². The van der Waals surface area contributed by atoms with E-state index in [0.717, 1.165) is 29.7 Å². The highest BCUT2D eigenvalue weighted by atomic mass is 32.2. The number of anilines is 1. The monoisotopic (exact) mass is 461 g/mol. The van der Waals surface area contributed by atoms with Gasteiger partial charge < -0.3 is 10.3 Å². The molecule has 1 aliphatic carbocycles. The van der Waals surface area contributed by atoms with Gasteiger partial charge in [-0.25, -0.2) is 4.98 Å². The van der Waals surface area contributed by atoms with Gasteiger partial charge in [-0.2, -0.15) is 0 Å². The van der Waals surface area contributed by atoms with Crippen LogP contribution >= 0.6 is 11.8 Å². The second-order valence-corrected chi connectivity index (χ2v) is 8.82. The van der Waals surface area contributed by atoms with E-state index >= 15 is 0 Å². The van der Waals surface area contributed by atoms with Gasteiger partial charge in [0.05, 0.1) is 10.5 Å². The third-order valence-corrected chi connectivity index (χ3v) is 6.72. The summed E-state index contributed by atoms with van der Waals surface area (Å²) in [6.07, 6.45) is 5.27. The SMILES string of the molecule is O=C1CCCC2=C1C(c1cccnc1)c1c(nc(SCc3ccc([N+](=O)[O-])cc3)[nH]c1=O)N2. The lowest BCUT2D eigenvalue weighted by molar-refractivity contribution is -0.384. The zero-order chi connectivity index (χ0) is 22.9. The maximum Gasteiger partial charge on any atom is 0.269 e. The van der Waals surface area contributed by atoms with Crippen LogP contribution in [0.15, 0.2) is 70.0 Å². The van der Waals surface area contributed by atoms with Crippen LogP contribution in [-0.4, -0.2) is 25.7 Å². The van der Waals surface area contributed by atoms with Crippen molar-refractivity contribution in [2.45, 2.75) is 36.1 Å². The number of ketones is 1. The molecule has 2 aromatic heterocycles. The van der Waals surface area contributed by atoms with Crippen molar-refractivity contribution in [1.82, 2.24) is 15.0 Å². The summed E-state index contributed by atoms with van der Waals surface area (Å²) >= 11 is 1.33. The molecule has 0 saturated carbocycles. The van der Waals surface area contributed by atoms with E-state index in [4.69, 9.17) is 0 Å². The topological polar surface area (TPSA) is 131 Å². The Hall–Kier alpha value is -3.79. The molecule has 1 aromatic carbocycles. The first-order valence-corrected chi connectivity index (χ1v) is 11.4. The number of nitro groups is 1. The number of Topliss-reactive ketones (excluding diaryl/α,β-unsaturated/α-hetero) is 1. The highest BCUT2D eigenvalue weighted by Crippen LogP contribution is 2.43. The summed E-state index contributed by atoms with van der Waals surface area (Å²) in [6.45, 7) is 0. The van der Waals surface area contributed by atoms with Crippen LogP contribution in [0.5, 0.6) is 0 Å². The summed E-state index contributed by atoms with van der Waals surface area (Å²) in [4.78, 5) is 48.1. The minimum absolute atomic E-state index is 0.0285. The van der Waals surface area contributed by atoms with Crippen LogP contribution in [0.25, 0.3) is 0 Å². The average Bonchev–Trinajstić information content (AvgIpc) is 2.82. The lowest BCUT2D eigenvalue weighted by atomic mass is 9.77. The molecule has 1 atom stereocenters. The molecule has 0 saturated heterocycles. The minimum atomic E-state index is -0.511. The summed E-state index contributed by atoms with van der Waals surface area (Å²) in [5.41, 5.74) is 3.23. The molecular weight excluding hydrogens is 442 g/mol. The Balaban J connectivity index is 1.49. The number of carbonyl (C=O) groups is 1. The molecule has 5 rings (SSSR count). The van der Waals surface area contributed by atoms with Crippen LogP contribution in [0.4, 0.5) is 11.5 Å². The molecule has 2 N–H and O–H groups in total. The molecule has 10 heteroatoms. The average molecular weight is 462 g/mol. The maximum atomic E-state index is 13.2. The number of allylic oxidation sites excluding steroid dienone is 2. The van der Waals surface area contributed by atoms with Gasteiger partial charge in [0.25, 0.3) is 11.2 Å². The number of nitrogens with one attached hydrogen (secondary N) is 2. The van der Waals surface area contributed by atoms with Gasteiger partial charge in [0, 0.05) is 53.9 Å². The number of aromatic nitrogens is 3. The molecule has 0 amide bonds. The van der Waals surface area contributed by atoms with Gasteiger partial charge in [-0.3, -0.25) is 24.7 Å². The van der Waals surface area contributed by atoms with Crippen molar-refractivity contribution in [2.75, 3.05) is 5.32 Å². The molecule has 0 bridgehead atoms. The van der Waals surface area contributed by atoms with Gasteiger partial charge in [-0.1, -0.05) is 30.0 Å². The molecule has 9 nitrogen and oxygen atoms in total. The van der Waals surface area contributed by atoms with Crippen molar-refractivity contribution < 1.29 is 9.72 Å². The molecule has 0 fully saturated rings. The van der Waals surface area contributed by atoms with Gasteiger partial charge in [0.2, 0.25) is 0 Å². The van der Waals surface area contributed by atoms with E-state index in [2.05, 4.69) is 20.3 Å². The number of hydrogen-bond acceptors (Lipinski definition) is 8. The molecule has 3 heterocycles. The number of thioether (sulfide) groups is 1. The standard InChI is InChI=1S/C23H19N5O4S/c29-17-5-1-4-16-19(17)18(14-3-2-10-24-11-14)20-21(25-16)26-23(27-22(20)30)33-12-13-6-8-15(9-7-13)28(31)32/h2-3,6-11,18H,1,4-5,12H2,(H2,25,26,27,30). The van der Waals surface area contributed by atoms with Gasteiger partial charge in [-0.15, -0.1) is 0 Å². The van der Waals surface area contributed by atoms with Crippen molar-refractivity contribution >= 4 is 29.1 Å². The van der Waals surface area contributed by atoms with Crippen molar-refractivity contribution in [2.24, 2.45) is 0 Å². The summed E-state index contributed by atoms with van der Waals surface area (Å²) in [5.74, 6) is 0.465. The molecule has 0 spiro atoms. The largest absolute Gasteiger partial charge is 0.343 e. The predicted molar refractivity (Wildman–Crippen MR) is 123 cm³/mol. The number of non-ortho nitro benzene ring substituents is 1. The Labute approximate surface area is 192 Å². The summed E-state index contributed by atoms with van der Waals surface area (Å²) in [7, 11) is 0. The minimum Gasteiger partial charge on any atom is -0.343 e. The summed E-state index contributed by atoms with van der Waals surface area (Å²) < 4.78 is 0. The fraction of sp³-hybridized carbons (Fsp3) is 0.217. The van der Waals surface area contributed by atoms with Crippen LogP contribution in [-0.2, 0) is 10.5 Å². The third-order valence-electron chi connectivity index (χ3n) is 5.78. The molecule has 2 aliphatic rings. The van der Waals surface area contributed by atoms with Crippen molar-refractivity contribution in [3.05, 3.63) is 97.2 Å². The normalized spacial score (nSPS) is 17.2. The highest BCUT2D eigenvalue weighted by molar-refractivity contribution is 7.98. The lowest BCUT2D eigenvalue weighted by Crippen LogP contribution is -2.32. The smallest absolute Gasteiger partial charge is 0.269 e. The summed E-state index contributed by atoms with van der Waals surface area (Å²) in [6, 6.07) is 9.93. The number of nitro benzene ring substituents is 1. The van der Waals surface area contributed by atoms with Gasteiger partial charge in [0.1, 0.15) is 5.82 Å². The number of hydrogen-bond donors (Lipinski definition) is 2. The molecule has 166 valence electrons. The van der Waals surface area contributed by atoms with Crippen molar-refractivity contribution in [3.8, 4) is 0 Å². The Morgan fingerprint density at radius 2 is 1.97 bits per heavy atom. The first kappa shape index (κ1) is 21.1. The number of H-pyrrole nitrogens is 1. The summed E-state index contributed by atoms with van der Waals surface area (Å²) in [5, 5.41) is 14.5. The second kappa shape index (κ2) is 8.62. The van der Waals surface area contributed by atoms with E-state index in [9.17, 15) is 19.7 Å². The van der Waals surface area contributed by atoms with E-state index in [1.165, 1.54) is 23.9 Å². The zero-order valence-electron chi connectivity index (χ0n) is 17.4. The zero-order valence-corrected chi connectivity index (χ0v) is 18.2. The number of pyridine rings is 1. The number of carbonyl (C=O) groups excluding carboxylic acids is 1. The maximum absolute atomic E-state index is 13.2. The number of fused-ring (bicyclic) bond motifs is 1. The number of benzene rings is 1. The molecule has 1 unspecified atom stereocenters.